The summed E-state index contributed by atoms with van der Waals surface area (Å²) in [5.41, 5.74) is 1.45. The van der Waals surface area contributed by atoms with E-state index in [4.69, 9.17) is 17.0 Å². The van der Waals surface area contributed by atoms with Crippen molar-refractivity contribution in [3.05, 3.63) is 105 Å². The lowest BCUT2D eigenvalue weighted by atomic mass is 10.0. The molecule has 34 heavy (non-hydrogen) atoms. The number of methoxy groups -OCH3 is 1. The Hall–Kier alpha value is -4.30. The zero-order valence-corrected chi connectivity index (χ0v) is 18.9. The summed E-state index contributed by atoms with van der Waals surface area (Å²) in [7, 11) is 1.56. The Kier molecular flexibility index (Phi) is 5.43. The molecule has 0 aliphatic rings. The first-order valence-electron chi connectivity index (χ1n) is 10.5. The van der Waals surface area contributed by atoms with Crippen molar-refractivity contribution < 1.29 is 14.6 Å². The van der Waals surface area contributed by atoms with Crippen LogP contribution in [0.2, 0.25) is 0 Å². The Labute approximate surface area is 198 Å². The van der Waals surface area contributed by atoms with Gasteiger partial charge >= 0.3 is 0 Å². The minimum atomic E-state index is -0.538. The van der Waals surface area contributed by atoms with Crippen LogP contribution in [-0.4, -0.2) is 32.7 Å². The van der Waals surface area contributed by atoms with Gasteiger partial charge in [-0.05, 0) is 52.8 Å². The summed E-state index contributed by atoms with van der Waals surface area (Å²) in [6, 6.07) is 18.7. The molecule has 0 fully saturated rings. The van der Waals surface area contributed by atoms with Crippen molar-refractivity contribution in [3.8, 4) is 11.5 Å². The fourth-order valence-corrected chi connectivity index (χ4v) is 4.28. The van der Waals surface area contributed by atoms with E-state index in [0.29, 0.717) is 22.4 Å². The number of fused-ring (bicyclic) bond motifs is 2. The number of nitrogens with zero attached hydrogens (tertiary/aromatic N) is 2. The molecule has 5 aromatic rings. The van der Waals surface area contributed by atoms with Gasteiger partial charge in [-0.25, -0.2) is 4.98 Å². The largest absolute Gasteiger partial charge is 0.506 e. The summed E-state index contributed by atoms with van der Waals surface area (Å²) in [5.74, 6) is 0.126. The molecule has 0 saturated carbocycles. The number of aromatic nitrogens is 3. The van der Waals surface area contributed by atoms with E-state index in [-0.39, 0.29) is 28.4 Å². The first-order valence-corrected chi connectivity index (χ1v) is 10.9. The number of aromatic hydroxyl groups is 1. The average Bonchev–Trinajstić information content (AvgIpc) is 3.16. The first kappa shape index (κ1) is 21.5. The molecule has 0 amide bonds. The number of aromatic amines is 1. The predicted molar refractivity (Wildman–Crippen MR) is 132 cm³/mol. The van der Waals surface area contributed by atoms with Gasteiger partial charge in [0.2, 0.25) is 0 Å². The molecule has 2 heterocycles. The molecule has 0 radical (unpaired) electrons. The molecule has 2 N–H and O–H groups in total. The summed E-state index contributed by atoms with van der Waals surface area (Å²) in [6.45, 7) is 0. The molecule has 0 bridgehead atoms. The highest BCUT2D eigenvalue weighted by atomic mass is 32.1. The van der Waals surface area contributed by atoms with Gasteiger partial charge in [0.15, 0.2) is 4.77 Å². The second-order valence-corrected chi connectivity index (χ2v) is 8.18. The van der Waals surface area contributed by atoms with Crippen molar-refractivity contribution in [2.45, 2.75) is 6.42 Å². The van der Waals surface area contributed by atoms with Gasteiger partial charge in [-0.1, -0.05) is 36.4 Å². The molecule has 168 valence electrons. The minimum Gasteiger partial charge on any atom is -0.506 e. The van der Waals surface area contributed by atoms with E-state index >= 15 is 0 Å². The lowest BCUT2D eigenvalue weighted by Crippen LogP contribution is -2.12. The number of hydrogen-bond acceptors (Lipinski definition) is 6. The monoisotopic (exact) mass is 469 g/mol. The molecular weight excluding hydrogens is 450 g/mol. The summed E-state index contributed by atoms with van der Waals surface area (Å²) in [5, 5.41) is 12.9. The molecule has 8 heteroatoms. The van der Waals surface area contributed by atoms with Crippen LogP contribution < -0.4 is 10.3 Å². The van der Waals surface area contributed by atoms with E-state index in [1.165, 1.54) is 0 Å². The Bertz CT molecular complexity index is 1700. The van der Waals surface area contributed by atoms with Crippen LogP contribution in [0.4, 0.5) is 0 Å². The second-order valence-electron chi connectivity index (χ2n) is 7.80. The molecule has 0 unspecified atom stereocenters. The fourth-order valence-electron chi connectivity index (χ4n) is 4.14. The van der Waals surface area contributed by atoms with Gasteiger partial charge in [0.25, 0.3) is 11.5 Å². The van der Waals surface area contributed by atoms with Crippen molar-refractivity contribution >= 4 is 39.8 Å². The maximum atomic E-state index is 13.7. The number of carbonyl (C=O) groups is 1. The molecule has 0 saturated heterocycles. The maximum absolute atomic E-state index is 13.7. The Morgan fingerprint density at radius 2 is 1.91 bits per heavy atom. The van der Waals surface area contributed by atoms with Crippen LogP contribution in [0.25, 0.3) is 21.7 Å². The molecule has 0 atom stereocenters. The van der Waals surface area contributed by atoms with E-state index in [1.807, 2.05) is 42.5 Å². The lowest BCUT2D eigenvalue weighted by Gasteiger charge is -2.08. The Morgan fingerprint density at radius 3 is 2.74 bits per heavy atom. The van der Waals surface area contributed by atoms with Crippen molar-refractivity contribution in [3.63, 3.8) is 0 Å². The van der Waals surface area contributed by atoms with E-state index < -0.39 is 5.56 Å². The van der Waals surface area contributed by atoms with Gasteiger partial charge in [0.05, 0.1) is 24.4 Å². The van der Waals surface area contributed by atoms with E-state index in [9.17, 15) is 14.7 Å². The number of hydrogen-bond donors (Lipinski definition) is 2. The van der Waals surface area contributed by atoms with Crippen molar-refractivity contribution in [2.75, 3.05) is 7.11 Å². The summed E-state index contributed by atoms with van der Waals surface area (Å²) in [6.07, 6.45) is 2.91. The normalized spacial score (nSPS) is 11.1. The molecule has 7 nitrogen and oxygen atoms in total. The summed E-state index contributed by atoms with van der Waals surface area (Å²) < 4.78 is 6.92. The lowest BCUT2D eigenvalue weighted by molar-refractivity contribution is 0.0966. The summed E-state index contributed by atoms with van der Waals surface area (Å²) in [4.78, 5) is 32.6. The average molecular weight is 470 g/mol. The van der Waals surface area contributed by atoms with Gasteiger partial charge in [-0.3, -0.25) is 19.1 Å². The Morgan fingerprint density at radius 1 is 1.12 bits per heavy atom. The van der Waals surface area contributed by atoms with Crippen molar-refractivity contribution in [1.82, 2.24) is 14.5 Å². The number of carbonyl (C=O) groups excluding carboxylic acids is 1. The third-order valence-electron chi connectivity index (χ3n) is 5.81. The number of rotatable bonds is 4. The molecule has 5 rings (SSSR count). The van der Waals surface area contributed by atoms with Crippen molar-refractivity contribution in [1.29, 1.82) is 0 Å². The van der Waals surface area contributed by atoms with Gasteiger partial charge in [-0.2, -0.15) is 0 Å². The van der Waals surface area contributed by atoms with Gasteiger partial charge in [0.1, 0.15) is 11.5 Å². The number of H-pyrrole nitrogens is 1. The highest BCUT2D eigenvalue weighted by Crippen LogP contribution is 2.30. The zero-order valence-electron chi connectivity index (χ0n) is 18.1. The summed E-state index contributed by atoms with van der Waals surface area (Å²) >= 11 is 4.95. The molecule has 0 aliphatic carbocycles. The van der Waals surface area contributed by atoms with Crippen molar-refractivity contribution in [2.24, 2.45) is 0 Å². The Balaban J connectivity index is 1.71. The number of benzene rings is 3. The third-order valence-corrected chi connectivity index (χ3v) is 6.02. The van der Waals surface area contributed by atoms with Gasteiger partial charge < -0.3 is 9.84 Å². The van der Waals surface area contributed by atoms with Crippen LogP contribution in [-0.2, 0) is 6.42 Å². The number of nitrogens with one attached hydrogen (secondary N) is 1. The van der Waals surface area contributed by atoms with E-state index in [2.05, 4.69) is 9.97 Å². The molecule has 2 aromatic heterocycles. The van der Waals surface area contributed by atoms with Crippen LogP contribution in [0, 0.1) is 4.77 Å². The molecule has 3 aromatic carbocycles. The van der Waals surface area contributed by atoms with Crippen LogP contribution >= 0.6 is 12.2 Å². The third kappa shape index (κ3) is 3.74. The smallest absolute Gasteiger partial charge is 0.262 e. The van der Waals surface area contributed by atoms with Crippen LogP contribution in [0.5, 0.6) is 11.5 Å². The highest BCUT2D eigenvalue weighted by Gasteiger charge is 2.19. The van der Waals surface area contributed by atoms with E-state index in [0.717, 1.165) is 22.4 Å². The molecular formula is C26H19N3O4S. The fraction of sp³-hybridized carbons (Fsp3) is 0.0769. The maximum Gasteiger partial charge on any atom is 0.262 e. The molecule has 0 spiro atoms. The van der Waals surface area contributed by atoms with Crippen LogP contribution in [0.15, 0.2) is 77.9 Å². The van der Waals surface area contributed by atoms with Gasteiger partial charge in [-0.15, -0.1) is 0 Å². The second kappa shape index (κ2) is 8.57. The van der Waals surface area contributed by atoms with Gasteiger partial charge in [0, 0.05) is 23.6 Å². The topological polar surface area (TPSA) is 97.2 Å². The standard InChI is InChI=1S/C26H19N3O4S/c1-33-17-9-10-22-20(12-17)16(11-21-23(30)13-27-26(34)28-24(21)31)14-29(22)25(32)19-8-4-6-15-5-2-3-7-18(15)19/h2-10,12-14,30H,11H2,1H3,(H,28,31,34). The SMILES string of the molecule is COc1ccc2c(c1)c(Cc1c(O)cnc(=S)[nH]c1=O)cn2C(=O)c1cccc2ccccc12. The highest BCUT2D eigenvalue weighted by molar-refractivity contribution is 7.71. The van der Waals surface area contributed by atoms with Crippen LogP contribution in [0.1, 0.15) is 21.5 Å². The van der Waals surface area contributed by atoms with E-state index in [1.54, 1.807) is 36.1 Å². The molecule has 0 aliphatic heterocycles. The predicted octanol–water partition coefficient (Wildman–Crippen LogP) is 4.60. The first-order chi connectivity index (χ1) is 16.5. The minimum absolute atomic E-state index is 0.0261. The quantitative estimate of drug-likeness (QED) is 0.374. The zero-order chi connectivity index (χ0) is 23.8. The number of ether oxygens (including phenoxy) is 1. The van der Waals surface area contributed by atoms with Crippen LogP contribution in [0.3, 0.4) is 0 Å².